The molecule has 0 amide bonds. The lowest BCUT2D eigenvalue weighted by Gasteiger charge is -2.05. The quantitative estimate of drug-likeness (QED) is 0.655. The summed E-state index contributed by atoms with van der Waals surface area (Å²) in [5.74, 6) is -2.69. The predicted molar refractivity (Wildman–Crippen MR) is 76.6 cm³/mol. The lowest BCUT2D eigenvalue weighted by molar-refractivity contribution is -0.159. The summed E-state index contributed by atoms with van der Waals surface area (Å²) in [5.41, 5.74) is 0.0109. The molecule has 0 aliphatic carbocycles. The Morgan fingerprint density at radius 2 is 1.60 bits per heavy atom. The van der Waals surface area contributed by atoms with Crippen LogP contribution in [0.4, 0.5) is 17.6 Å². The molecule has 1 heterocycles. The second kappa shape index (κ2) is 5.96. The number of nitrogens with zero attached hydrogens (tertiary/aromatic N) is 2. The highest BCUT2D eigenvalue weighted by Gasteiger charge is 2.38. The molecule has 0 spiro atoms. The number of benzene rings is 2. The maximum Gasteiger partial charge on any atom is 0.471 e. The van der Waals surface area contributed by atoms with Crippen molar-refractivity contribution in [3.05, 3.63) is 60.2 Å². The monoisotopic (exact) mass is 372 g/mol. The van der Waals surface area contributed by atoms with Crippen LogP contribution in [0.1, 0.15) is 5.89 Å². The van der Waals surface area contributed by atoms with Gasteiger partial charge in [0.1, 0.15) is 5.82 Å². The molecule has 0 unspecified atom stereocenters. The number of hydrogen-bond acceptors (Lipinski definition) is 5. The first-order valence-corrected chi connectivity index (χ1v) is 8.18. The summed E-state index contributed by atoms with van der Waals surface area (Å²) in [6.07, 6.45) is -4.81. The summed E-state index contributed by atoms with van der Waals surface area (Å²) in [5, 5.41) is 3.20. The van der Waals surface area contributed by atoms with Crippen molar-refractivity contribution >= 4 is 9.84 Å². The Bertz CT molecular complexity index is 1030. The molecule has 0 aliphatic heterocycles. The standard InChI is InChI=1S/C15H8F4N2O3S/c16-10-4-2-6-12(8-10)25(22,23)11-5-1-3-9(7-11)13-20-14(24-21-13)15(17,18)19/h1-8H. The van der Waals surface area contributed by atoms with Gasteiger partial charge < -0.3 is 4.52 Å². The van der Waals surface area contributed by atoms with E-state index in [0.29, 0.717) is 0 Å². The minimum Gasteiger partial charge on any atom is -0.329 e. The molecule has 2 aromatic carbocycles. The van der Waals surface area contributed by atoms with Crippen LogP contribution in [0.15, 0.2) is 62.8 Å². The van der Waals surface area contributed by atoms with E-state index < -0.39 is 33.5 Å². The Kier molecular flexibility index (Phi) is 4.07. The molecule has 0 N–H and O–H groups in total. The molecule has 130 valence electrons. The van der Waals surface area contributed by atoms with E-state index in [1.165, 1.54) is 30.3 Å². The number of alkyl halides is 3. The summed E-state index contributed by atoms with van der Waals surface area (Å²) in [6, 6.07) is 9.34. The molecule has 5 nitrogen and oxygen atoms in total. The second-order valence-corrected chi connectivity index (χ2v) is 6.86. The third-order valence-electron chi connectivity index (χ3n) is 3.18. The van der Waals surface area contributed by atoms with Gasteiger partial charge in [-0.1, -0.05) is 23.4 Å². The molecule has 25 heavy (non-hydrogen) atoms. The molecule has 0 aliphatic rings. The molecule has 0 atom stereocenters. The van der Waals surface area contributed by atoms with Crippen molar-refractivity contribution in [3.8, 4) is 11.4 Å². The van der Waals surface area contributed by atoms with Gasteiger partial charge in [0.15, 0.2) is 0 Å². The van der Waals surface area contributed by atoms with Gasteiger partial charge in [0.2, 0.25) is 15.7 Å². The Morgan fingerprint density at radius 3 is 2.20 bits per heavy atom. The molecular weight excluding hydrogens is 364 g/mol. The summed E-state index contributed by atoms with van der Waals surface area (Å²) < 4.78 is 80.0. The van der Waals surface area contributed by atoms with E-state index in [9.17, 15) is 26.0 Å². The van der Waals surface area contributed by atoms with Crippen molar-refractivity contribution in [3.63, 3.8) is 0 Å². The summed E-state index contributed by atoms with van der Waals surface area (Å²) in [7, 11) is -4.06. The van der Waals surface area contributed by atoms with Crippen molar-refractivity contribution in [1.29, 1.82) is 0 Å². The van der Waals surface area contributed by atoms with Gasteiger partial charge in [-0.15, -0.1) is 0 Å². The average molecular weight is 372 g/mol. The van der Waals surface area contributed by atoms with Gasteiger partial charge in [0.05, 0.1) is 9.79 Å². The minimum absolute atomic E-state index is 0.0109. The van der Waals surface area contributed by atoms with Crippen molar-refractivity contribution in [2.45, 2.75) is 16.0 Å². The number of hydrogen-bond donors (Lipinski definition) is 0. The van der Waals surface area contributed by atoms with Crippen LogP contribution in [-0.2, 0) is 16.0 Å². The fourth-order valence-corrected chi connectivity index (χ4v) is 3.37. The molecule has 0 saturated heterocycles. The van der Waals surface area contributed by atoms with Gasteiger partial charge in [0.25, 0.3) is 0 Å². The molecule has 1 aromatic heterocycles. The van der Waals surface area contributed by atoms with Gasteiger partial charge in [0, 0.05) is 5.56 Å². The first-order valence-electron chi connectivity index (χ1n) is 6.70. The zero-order valence-corrected chi connectivity index (χ0v) is 13.0. The average Bonchev–Trinajstić information content (AvgIpc) is 3.05. The van der Waals surface area contributed by atoms with Crippen LogP contribution in [0, 0.1) is 5.82 Å². The maximum atomic E-state index is 13.3. The van der Waals surface area contributed by atoms with Crippen molar-refractivity contribution in [2.75, 3.05) is 0 Å². The second-order valence-electron chi connectivity index (χ2n) is 4.91. The molecule has 10 heteroatoms. The Balaban J connectivity index is 2.04. The van der Waals surface area contributed by atoms with Gasteiger partial charge in [-0.2, -0.15) is 18.2 Å². The van der Waals surface area contributed by atoms with E-state index in [4.69, 9.17) is 0 Å². The maximum absolute atomic E-state index is 13.3. The molecular formula is C15H8F4N2O3S. The fraction of sp³-hybridized carbons (Fsp3) is 0.0667. The van der Waals surface area contributed by atoms with Crippen LogP contribution in [0.25, 0.3) is 11.4 Å². The smallest absolute Gasteiger partial charge is 0.329 e. The molecule has 0 bridgehead atoms. The molecule has 0 radical (unpaired) electrons. The largest absolute Gasteiger partial charge is 0.471 e. The summed E-state index contributed by atoms with van der Waals surface area (Å²) in [6.45, 7) is 0. The lowest BCUT2D eigenvalue weighted by atomic mass is 10.2. The first-order chi connectivity index (χ1) is 11.7. The molecule has 3 aromatic rings. The lowest BCUT2D eigenvalue weighted by Crippen LogP contribution is -2.05. The number of rotatable bonds is 3. The minimum atomic E-state index is -4.81. The number of sulfone groups is 1. The van der Waals surface area contributed by atoms with E-state index >= 15 is 0 Å². The first kappa shape index (κ1) is 17.1. The van der Waals surface area contributed by atoms with Crippen molar-refractivity contribution in [2.24, 2.45) is 0 Å². The van der Waals surface area contributed by atoms with E-state index in [1.54, 1.807) is 0 Å². The Morgan fingerprint density at radius 1 is 0.960 bits per heavy atom. The van der Waals surface area contributed by atoms with E-state index in [0.717, 1.165) is 18.2 Å². The molecule has 3 rings (SSSR count). The summed E-state index contributed by atoms with van der Waals surface area (Å²) in [4.78, 5) is 2.68. The predicted octanol–water partition coefficient (Wildman–Crippen LogP) is 3.73. The fourth-order valence-electron chi connectivity index (χ4n) is 2.03. The van der Waals surface area contributed by atoms with Gasteiger partial charge >= 0.3 is 12.1 Å². The third-order valence-corrected chi connectivity index (χ3v) is 4.93. The normalized spacial score (nSPS) is 12.3. The van der Waals surface area contributed by atoms with Crippen LogP contribution >= 0.6 is 0 Å². The Hall–Kier alpha value is -2.75. The van der Waals surface area contributed by atoms with E-state index in [2.05, 4.69) is 14.7 Å². The third kappa shape index (κ3) is 3.38. The van der Waals surface area contributed by atoms with Gasteiger partial charge in [-0.3, -0.25) is 0 Å². The van der Waals surface area contributed by atoms with Gasteiger partial charge in [-0.25, -0.2) is 12.8 Å². The molecule has 0 saturated carbocycles. The number of halogens is 4. The van der Waals surface area contributed by atoms with Crippen LogP contribution in [-0.4, -0.2) is 18.6 Å². The van der Waals surface area contributed by atoms with E-state index in [1.807, 2.05) is 0 Å². The van der Waals surface area contributed by atoms with Gasteiger partial charge in [-0.05, 0) is 30.3 Å². The van der Waals surface area contributed by atoms with Crippen molar-refractivity contribution < 1.29 is 30.5 Å². The number of aromatic nitrogens is 2. The van der Waals surface area contributed by atoms with Crippen LogP contribution in [0.2, 0.25) is 0 Å². The van der Waals surface area contributed by atoms with Crippen LogP contribution in [0.3, 0.4) is 0 Å². The zero-order chi connectivity index (χ0) is 18.2. The SMILES string of the molecule is O=S(=O)(c1cccc(F)c1)c1cccc(-c2noc(C(F)(F)F)n2)c1. The summed E-state index contributed by atoms with van der Waals surface area (Å²) >= 11 is 0. The van der Waals surface area contributed by atoms with Crippen LogP contribution in [0.5, 0.6) is 0 Å². The zero-order valence-electron chi connectivity index (χ0n) is 12.2. The van der Waals surface area contributed by atoms with Crippen molar-refractivity contribution in [1.82, 2.24) is 10.1 Å². The highest BCUT2D eigenvalue weighted by Crippen LogP contribution is 2.30. The highest BCUT2D eigenvalue weighted by atomic mass is 32.2. The van der Waals surface area contributed by atoms with E-state index in [-0.39, 0.29) is 15.4 Å². The Labute approximate surface area is 138 Å². The molecule has 0 fully saturated rings. The van der Waals surface area contributed by atoms with Crippen LogP contribution < -0.4 is 0 Å². The topological polar surface area (TPSA) is 73.1 Å². The highest BCUT2D eigenvalue weighted by molar-refractivity contribution is 7.91.